The Morgan fingerprint density at radius 2 is 1.64 bits per heavy atom. The number of rotatable bonds is 5. The number of alkyl halides is 3. The fraction of sp³-hybridized carbons (Fsp3) is 0.211. The van der Waals surface area contributed by atoms with Crippen molar-refractivity contribution in [2.45, 2.75) is 6.18 Å². The lowest BCUT2D eigenvalue weighted by Gasteiger charge is -2.17. The van der Waals surface area contributed by atoms with Gasteiger partial charge >= 0.3 is 6.18 Å². The number of nitrogens with zero attached hydrogens (tertiary/aromatic N) is 4. The van der Waals surface area contributed by atoms with Crippen LogP contribution >= 0.6 is 0 Å². The molecule has 0 spiro atoms. The van der Waals surface area contributed by atoms with Crippen LogP contribution in [0.5, 0.6) is 17.5 Å². The molecule has 9 heteroatoms. The van der Waals surface area contributed by atoms with Crippen LogP contribution < -0.4 is 14.4 Å². The van der Waals surface area contributed by atoms with Crippen molar-refractivity contribution in [3.63, 3.8) is 0 Å². The first kappa shape index (κ1) is 19.4. The van der Waals surface area contributed by atoms with Crippen LogP contribution in [-0.2, 0) is 6.18 Å². The van der Waals surface area contributed by atoms with Crippen molar-refractivity contribution in [2.75, 3.05) is 26.1 Å². The molecule has 3 rings (SSSR count). The van der Waals surface area contributed by atoms with Crippen molar-refractivity contribution < 1.29 is 22.6 Å². The van der Waals surface area contributed by atoms with Crippen molar-refractivity contribution in [1.82, 2.24) is 15.0 Å². The highest BCUT2D eigenvalue weighted by Crippen LogP contribution is 2.43. The van der Waals surface area contributed by atoms with Gasteiger partial charge in [-0.2, -0.15) is 23.1 Å². The molecule has 0 fully saturated rings. The Morgan fingerprint density at radius 3 is 2.25 bits per heavy atom. The Bertz CT molecular complexity index is 963. The van der Waals surface area contributed by atoms with Crippen molar-refractivity contribution in [3.8, 4) is 28.9 Å². The third-order valence-corrected chi connectivity index (χ3v) is 3.74. The first-order chi connectivity index (χ1) is 13.3. The number of benzene rings is 1. The van der Waals surface area contributed by atoms with Crippen LogP contribution in [0.25, 0.3) is 11.4 Å². The van der Waals surface area contributed by atoms with E-state index in [0.717, 1.165) is 7.11 Å². The van der Waals surface area contributed by atoms with Crippen molar-refractivity contribution in [3.05, 3.63) is 54.2 Å². The maximum atomic E-state index is 13.6. The summed E-state index contributed by atoms with van der Waals surface area (Å²) in [6.07, 6.45) is -3.24. The van der Waals surface area contributed by atoms with Crippen LogP contribution in [0.2, 0.25) is 0 Å². The van der Waals surface area contributed by atoms with Gasteiger partial charge in [-0.25, -0.2) is 4.98 Å². The highest BCUT2D eigenvalue weighted by atomic mass is 19.4. The van der Waals surface area contributed by atoms with E-state index in [-0.39, 0.29) is 11.6 Å². The molecule has 0 radical (unpaired) electrons. The Kier molecular flexibility index (Phi) is 5.34. The molecule has 0 N–H and O–H groups in total. The van der Waals surface area contributed by atoms with E-state index >= 15 is 0 Å². The summed E-state index contributed by atoms with van der Waals surface area (Å²) in [5.41, 5.74) is -0.701. The molecule has 28 heavy (non-hydrogen) atoms. The van der Waals surface area contributed by atoms with E-state index in [1.807, 2.05) is 0 Å². The molecule has 0 atom stereocenters. The Labute approximate surface area is 159 Å². The minimum absolute atomic E-state index is 0.0290. The molecule has 0 saturated carbocycles. The molecule has 1 aromatic carbocycles. The van der Waals surface area contributed by atoms with Crippen LogP contribution in [0.4, 0.5) is 19.0 Å². The van der Waals surface area contributed by atoms with Gasteiger partial charge in [-0.05, 0) is 24.3 Å². The summed E-state index contributed by atoms with van der Waals surface area (Å²) < 4.78 is 51.3. The molecule has 6 nitrogen and oxygen atoms in total. The molecule has 0 aliphatic rings. The van der Waals surface area contributed by atoms with Crippen LogP contribution in [0.15, 0.2) is 48.7 Å². The van der Waals surface area contributed by atoms with E-state index in [1.54, 1.807) is 49.3 Å². The highest BCUT2D eigenvalue weighted by molar-refractivity contribution is 5.62. The van der Waals surface area contributed by atoms with Gasteiger partial charge in [0.15, 0.2) is 11.4 Å². The lowest BCUT2D eigenvalue weighted by molar-refractivity contribution is -0.140. The van der Waals surface area contributed by atoms with Crippen LogP contribution in [-0.4, -0.2) is 36.2 Å². The number of anilines is 1. The van der Waals surface area contributed by atoms with Gasteiger partial charge in [0.05, 0.1) is 7.11 Å². The lowest BCUT2D eigenvalue weighted by atomic mass is 10.2. The molecule has 0 bridgehead atoms. The number of para-hydroxylation sites is 1. The van der Waals surface area contributed by atoms with Gasteiger partial charge in [-0.3, -0.25) is 0 Å². The standard InChI is InChI=1S/C19H17F3N4O2/c1-26(2)14-11-12(9-10-23-14)16-24-17(27-3)15(19(20,21)22)18(25-16)28-13-7-5-4-6-8-13/h4-11H,1-3H3. The van der Waals surface area contributed by atoms with Crippen molar-refractivity contribution >= 4 is 5.82 Å². The van der Waals surface area contributed by atoms with Crippen LogP contribution in [0, 0.1) is 0 Å². The SMILES string of the molecule is COc1nc(-c2ccnc(N(C)C)c2)nc(Oc2ccccc2)c1C(F)(F)F. The smallest absolute Gasteiger partial charge is 0.426 e. The second-order valence-electron chi connectivity index (χ2n) is 5.95. The second kappa shape index (κ2) is 7.71. The van der Waals surface area contributed by atoms with Gasteiger partial charge < -0.3 is 14.4 Å². The minimum atomic E-state index is -4.76. The number of hydrogen-bond donors (Lipinski definition) is 0. The Morgan fingerprint density at radius 1 is 0.964 bits per heavy atom. The van der Waals surface area contributed by atoms with Crippen LogP contribution in [0.1, 0.15) is 5.56 Å². The maximum Gasteiger partial charge on any atom is 0.426 e. The van der Waals surface area contributed by atoms with Gasteiger partial charge in [-0.15, -0.1) is 0 Å². The monoisotopic (exact) mass is 390 g/mol. The number of ether oxygens (including phenoxy) is 2. The molecule has 0 amide bonds. The average Bonchev–Trinajstić information content (AvgIpc) is 2.67. The maximum absolute atomic E-state index is 13.6. The van der Waals surface area contributed by atoms with Crippen molar-refractivity contribution in [1.29, 1.82) is 0 Å². The molecule has 2 aromatic heterocycles. The minimum Gasteiger partial charge on any atom is -0.480 e. The zero-order chi connectivity index (χ0) is 20.3. The molecule has 0 saturated heterocycles. The predicted octanol–water partition coefficient (Wildman–Crippen LogP) is 4.42. The summed E-state index contributed by atoms with van der Waals surface area (Å²) in [6, 6.07) is 11.3. The van der Waals surface area contributed by atoms with E-state index in [9.17, 15) is 13.2 Å². The quantitative estimate of drug-likeness (QED) is 0.643. The lowest BCUT2D eigenvalue weighted by Crippen LogP contribution is -2.13. The predicted molar refractivity (Wildman–Crippen MR) is 97.7 cm³/mol. The van der Waals surface area contributed by atoms with Gasteiger partial charge in [0.25, 0.3) is 0 Å². The highest BCUT2D eigenvalue weighted by Gasteiger charge is 2.41. The van der Waals surface area contributed by atoms with E-state index in [2.05, 4.69) is 15.0 Å². The summed E-state index contributed by atoms with van der Waals surface area (Å²) in [7, 11) is 4.71. The largest absolute Gasteiger partial charge is 0.480 e. The first-order valence-corrected chi connectivity index (χ1v) is 8.19. The molecule has 3 aromatic rings. The molecule has 2 heterocycles. The van der Waals surface area contributed by atoms with E-state index in [4.69, 9.17) is 9.47 Å². The number of aromatic nitrogens is 3. The zero-order valence-corrected chi connectivity index (χ0v) is 15.4. The van der Waals surface area contributed by atoms with E-state index in [1.165, 1.54) is 18.3 Å². The van der Waals surface area contributed by atoms with Crippen LogP contribution in [0.3, 0.4) is 0 Å². The van der Waals surface area contributed by atoms with E-state index in [0.29, 0.717) is 11.4 Å². The number of methoxy groups -OCH3 is 1. The van der Waals surface area contributed by atoms with Gasteiger partial charge in [-0.1, -0.05) is 18.2 Å². The Balaban J connectivity index is 2.18. The summed E-state index contributed by atoms with van der Waals surface area (Å²) >= 11 is 0. The summed E-state index contributed by atoms with van der Waals surface area (Å²) in [5, 5.41) is 0. The number of halogens is 3. The fourth-order valence-electron chi connectivity index (χ4n) is 2.42. The topological polar surface area (TPSA) is 60.4 Å². The fourth-order valence-corrected chi connectivity index (χ4v) is 2.42. The molecular formula is C19H17F3N4O2. The molecule has 0 aliphatic heterocycles. The normalized spacial score (nSPS) is 11.2. The third-order valence-electron chi connectivity index (χ3n) is 3.74. The molecule has 0 aliphatic carbocycles. The van der Waals surface area contributed by atoms with Gasteiger partial charge in [0, 0.05) is 25.9 Å². The third kappa shape index (κ3) is 4.13. The summed E-state index contributed by atoms with van der Waals surface area (Å²) in [5.74, 6) is -0.411. The molecular weight excluding hydrogens is 373 g/mol. The second-order valence-corrected chi connectivity index (χ2v) is 5.95. The summed E-state index contributed by atoms with van der Waals surface area (Å²) in [4.78, 5) is 13.9. The number of pyridine rings is 1. The van der Waals surface area contributed by atoms with Crippen molar-refractivity contribution in [2.24, 2.45) is 0 Å². The van der Waals surface area contributed by atoms with Gasteiger partial charge in [0.2, 0.25) is 11.8 Å². The molecule has 0 unspecified atom stereocenters. The van der Waals surface area contributed by atoms with Gasteiger partial charge in [0.1, 0.15) is 11.6 Å². The van der Waals surface area contributed by atoms with E-state index < -0.39 is 23.5 Å². The molecule has 146 valence electrons. The summed E-state index contributed by atoms with van der Waals surface area (Å²) in [6.45, 7) is 0. The average molecular weight is 390 g/mol. The number of hydrogen-bond acceptors (Lipinski definition) is 6. The Hall–Kier alpha value is -3.36. The zero-order valence-electron chi connectivity index (χ0n) is 15.4. The first-order valence-electron chi connectivity index (χ1n) is 8.19.